The lowest BCUT2D eigenvalue weighted by atomic mass is 10.4. The van der Waals surface area contributed by atoms with Gasteiger partial charge in [-0.05, 0) is 0 Å². The van der Waals surface area contributed by atoms with Crippen molar-refractivity contribution in [2.45, 2.75) is 6.92 Å². The number of carbonyl (C=O) groups excluding carboxylic acids is 2. The fraction of sp³-hybridized carbons (Fsp3) is 0.444. The summed E-state index contributed by atoms with van der Waals surface area (Å²) in [6.45, 7) is 0.452. The normalized spacial score (nSPS) is 8.80. The lowest BCUT2D eigenvalue weighted by molar-refractivity contribution is -0.143. The number of aliphatic carboxylic acids is 1. The molecule has 0 aliphatic rings. The van der Waals surface area contributed by atoms with Crippen LogP contribution in [0.4, 0.5) is 0 Å². The maximum Gasteiger partial charge on any atom is 0.323 e. The van der Waals surface area contributed by atoms with Crippen LogP contribution in [0.25, 0.3) is 0 Å². The van der Waals surface area contributed by atoms with Crippen LogP contribution in [0.15, 0.2) is 0 Å². The van der Waals surface area contributed by atoms with Gasteiger partial charge in [-0.25, -0.2) is 0 Å². The highest BCUT2D eigenvalue weighted by Crippen LogP contribution is 1.88. The van der Waals surface area contributed by atoms with Crippen molar-refractivity contribution in [3.05, 3.63) is 0 Å². The van der Waals surface area contributed by atoms with Gasteiger partial charge in [-0.3, -0.25) is 14.4 Å². The summed E-state index contributed by atoms with van der Waals surface area (Å²) in [6.07, 6.45) is 4.97. The van der Waals surface area contributed by atoms with Gasteiger partial charge in [0.2, 0.25) is 11.8 Å². The quantitative estimate of drug-likeness (QED) is 0.553. The van der Waals surface area contributed by atoms with Crippen LogP contribution in [0.5, 0.6) is 0 Å². The zero-order valence-corrected chi connectivity index (χ0v) is 8.32. The van der Waals surface area contributed by atoms with Gasteiger partial charge in [0.15, 0.2) is 0 Å². The number of carbonyl (C=O) groups is 3. The second kappa shape index (κ2) is 6.43. The van der Waals surface area contributed by atoms with Gasteiger partial charge in [-0.15, -0.1) is 6.42 Å². The molecule has 0 rings (SSSR count). The first-order valence-corrected chi connectivity index (χ1v) is 4.14. The molecule has 0 spiro atoms. The summed E-state index contributed by atoms with van der Waals surface area (Å²) in [5.41, 5.74) is 0. The first-order chi connectivity index (χ1) is 6.97. The van der Waals surface area contributed by atoms with E-state index in [4.69, 9.17) is 11.5 Å². The van der Waals surface area contributed by atoms with Crippen LogP contribution in [-0.4, -0.2) is 47.4 Å². The van der Waals surface area contributed by atoms with Crippen LogP contribution >= 0.6 is 0 Å². The number of terminal acetylenes is 1. The van der Waals surface area contributed by atoms with Gasteiger partial charge in [-0.2, -0.15) is 0 Å². The lowest BCUT2D eigenvalue weighted by Gasteiger charge is -2.17. The Kier molecular flexibility index (Phi) is 5.56. The van der Waals surface area contributed by atoms with Crippen LogP contribution in [0.1, 0.15) is 6.92 Å². The Labute approximate surface area is 87.2 Å². The molecule has 6 nitrogen and oxygen atoms in total. The molecule has 0 unspecified atom stereocenters. The molecule has 0 atom stereocenters. The molecule has 0 saturated carbocycles. The van der Waals surface area contributed by atoms with E-state index in [-0.39, 0.29) is 19.0 Å². The summed E-state index contributed by atoms with van der Waals surface area (Å²) in [7, 11) is 0. The molecule has 15 heavy (non-hydrogen) atoms. The molecular formula is C9H12N2O4. The highest BCUT2D eigenvalue weighted by atomic mass is 16.4. The van der Waals surface area contributed by atoms with E-state index in [2.05, 4.69) is 11.2 Å². The van der Waals surface area contributed by atoms with Crippen LogP contribution < -0.4 is 5.32 Å². The molecule has 0 bridgehead atoms. The molecule has 0 aromatic heterocycles. The lowest BCUT2D eigenvalue weighted by Crippen LogP contribution is -2.42. The van der Waals surface area contributed by atoms with Crippen molar-refractivity contribution in [2.24, 2.45) is 0 Å². The molecule has 0 fully saturated rings. The highest BCUT2D eigenvalue weighted by molar-refractivity contribution is 5.86. The van der Waals surface area contributed by atoms with Crippen molar-refractivity contribution in [1.29, 1.82) is 0 Å². The van der Waals surface area contributed by atoms with Crippen LogP contribution in [-0.2, 0) is 14.4 Å². The Balaban J connectivity index is 4.23. The smallest absolute Gasteiger partial charge is 0.323 e. The van der Waals surface area contributed by atoms with E-state index in [0.29, 0.717) is 0 Å². The molecule has 0 saturated heterocycles. The van der Waals surface area contributed by atoms with Gasteiger partial charge >= 0.3 is 5.97 Å². The third-order valence-electron chi connectivity index (χ3n) is 1.45. The summed E-state index contributed by atoms with van der Waals surface area (Å²) in [5.74, 6) is 0.135. The largest absolute Gasteiger partial charge is 0.480 e. The van der Waals surface area contributed by atoms with Crippen LogP contribution in [0.2, 0.25) is 0 Å². The molecule has 82 valence electrons. The maximum absolute atomic E-state index is 11.3. The van der Waals surface area contributed by atoms with Gasteiger partial charge < -0.3 is 15.3 Å². The molecular weight excluding hydrogens is 200 g/mol. The van der Waals surface area contributed by atoms with Crippen LogP contribution in [0, 0.1) is 12.3 Å². The highest BCUT2D eigenvalue weighted by Gasteiger charge is 2.15. The second-order valence-corrected chi connectivity index (χ2v) is 2.76. The van der Waals surface area contributed by atoms with Crippen molar-refractivity contribution >= 4 is 17.8 Å². The average Bonchev–Trinajstić information content (AvgIpc) is 2.12. The van der Waals surface area contributed by atoms with E-state index >= 15 is 0 Å². The Bertz CT molecular complexity index is 306. The van der Waals surface area contributed by atoms with E-state index in [0.717, 1.165) is 4.90 Å². The van der Waals surface area contributed by atoms with Gasteiger partial charge in [0.25, 0.3) is 0 Å². The number of carboxylic acids is 1. The van der Waals surface area contributed by atoms with E-state index < -0.39 is 18.4 Å². The number of nitrogens with one attached hydrogen (secondary N) is 1. The van der Waals surface area contributed by atoms with E-state index in [1.807, 2.05) is 0 Å². The number of hydrogen-bond donors (Lipinski definition) is 2. The van der Waals surface area contributed by atoms with Crippen LogP contribution in [0.3, 0.4) is 0 Å². The average molecular weight is 212 g/mol. The summed E-state index contributed by atoms with van der Waals surface area (Å²) in [6, 6.07) is 0. The molecule has 0 radical (unpaired) electrons. The van der Waals surface area contributed by atoms with Crippen molar-refractivity contribution in [3.63, 3.8) is 0 Å². The zero-order valence-electron chi connectivity index (χ0n) is 8.32. The predicted molar refractivity (Wildman–Crippen MR) is 51.7 cm³/mol. The predicted octanol–water partition coefficient (Wildman–Crippen LogP) is -1.33. The number of amides is 2. The fourth-order valence-corrected chi connectivity index (χ4v) is 0.818. The molecule has 0 aliphatic carbocycles. The number of nitrogens with zero attached hydrogens (tertiary/aromatic N) is 1. The van der Waals surface area contributed by atoms with Crippen molar-refractivity contribution in [2.75, 3.05) is 19.6 Å². The first-order valence-electron chi connectivity index (χ1n) is 4.14. The Morgan fingerprint density at radius 1 is 1.47 bits per heavy atom. The molecule has 2 N–H and O–H groups in total. The van der Waals surface area contributed by atoms with Gasteiger partial charge in [0.05, 0.1) is 13.1 Å². The molecule has 0 aromatic rings. The number of rotatable bonds is 5. The monoisotopic (exact) mass is 212 g/mol. The molecule has 0 aliphatic heterocycles. The summed E-state index contributed by atoms with van der Waals surface area (Å²) in [5, 5.41) is 10.8. The maximum atomic E-state index is 11.3. The summed E-state index contributed by atoms with van der Waals surface area (Å²) >= 11 is 0. The minimum Gasteiger partial charge on any atom is -0.480 e. The number of carboxylic acid groups (broad SMARTS) is 1. The fourth-order valence-electron chi connectivity index (χ4n) is 0.818. The zero-order chi connectivity index (χ0) is 11.8. The van der Waals surface area contributed by atoms with E-state index in [9.17, 15) is 14.4 Å². The third-order valence-corrected chi connectivity index (χ3v) is 1.45. The Morgan fingerprint density at radius 2 is 2.07 bits per heavy atom. The van der Waals surface area contributed by atoms with E-state index in [1.165, 1.54) is 6.92 Å². The third kappa shape index (κ3) is 6.10. The molecule has 2 amide bonds. The minimum absolute atomic E-state index is 0.0925. The van der Waals surface area contributed by atoms with Gasteiger partial charge in [0, 0.05) is 6.92 Å². The number of hydrogen-bond acceptors (Lipinski definition) is 3. The Morgan fingerprint density at radius 3 is 2.47 bits per heavy atom. The minimum atomic E-state index is -1.15. The van der Waals surface area contributed by atoms with Crippen molar-refractivity contribution in [1.82, 2.24) is 10.2 Å². The van der Waals surface area contributed by atoms with Crippen molar-refractivity contribution in [3.8, 4) is 12.3 Å². The van der Waals surface area contributed by atoms with Gasteiger partial charge in [-0.1, -0.05) is 5.92 Å². The van der Waals surface area contributed by atoms with E-state index in [1.54, 1.807) is 0 Å². The SMILES string of the molecule is C#CCN(CC(=O)O)C(=O)CNC(C)=O. The second-order valence-electron chi connectivity index (χ2n) is 2.76. The molecule has 0 heterocycles. The molecule has 6 heteroatoms. The molecule has 0 aromatic carbocycles. The van der Waals surface area contributed by atoms with Crippen molar-refractivity contribution < 1.29 is 19.5 Å². The standard InChI is InChI=1S/C9H12N2O4/c1-3-4-11(6-9(14)15)8(13)5-10-7(2)12/h1H,4-6H2,2H3,(H,10,12)(H,14,15). The summed E-state index contributed by atoms with van der Waals surface area (Å²) in [4.78, 5) is 33.2. The summed E-state index contributed by atoms with van der Waals surface area (Å²) < 4.78 is 0. The van der Waals surface area contributed by atoms with Gasteiger partial charge in [0.1, 0.15) is 6.54 Å². The topological polar surface area (TPSA) is 86.7 Å². The first kappa shape index (κ1) is 13.0. The Hall–Kier alpha value is -2.03.